The first-order chi connectivity index (χ1) is 15.0. The average molecular weight is 422 g/mol. The molecule has 3 aromatic rings. The van der Waals surface area contributed by atoms with E-state index in [-0.39, 0.29) is 17.1 Å². The van der Waals surface area contributed by atoms with E-state index in [0.29, 0.717) is 30.0 Å². The number of ether oxygens (including phenoxy) is 2. The molecule has 160 valence electrons. The number of amides is 1. The van der Waals surface area contributed by atoms with Gasteiger partial charge in [-0.15, -0.1) is 0 Å². The Hall–Kier alpha value is -3.87. The number of pyridine rings is 1. The lowest BCUT2D eigenvalue weighted by atomic mass is 10.1. The van der Waals surface area contributed by atoms with Gasteiger partial charge >= 0.3 is 0 Å². The number of benzene rings is 2. The van der Waals surface area contributed by atoms with Gasteiger partial charge in [0, 0.05) is 18.8 Å². The molecule has 3 rings (SSSR count). The molecule has 31 heavy (non-hydrogen) atoms. The second-order valence-electron chi connectivity index (χ2n) is 6.69. The summed E-state index contributed by atoms with van der Waals surface area (Å²) in [7, 11) is 3.13. The number of nitrogens with one attached hydrogen (secondary N) is 1. The normalized spacial score (nSPS) is 11.1. The molecule has 7 heteroatoms. The lowest BCUT2D eigenvalue weighted by Crippen LogP contribution is -2.32. The molecule has 1 N–H and O–H groups in total. The first kappa shape index (κ1) is 21.8. The van der Waals surface area contributed by atoms with Crippen LogP contribution in [-0.4, -0.2) is 31.2 Å². The van der Waals surface area contributed by atoms with Crippen LogP contribution in [0.5, 0.6) is 11.5 Å². The summed E-state index contributed by atoms with van der Waals surface area (Å²) in [5.41, 5.74) is 1.36. The molecule has 0 fully saturated rings. The zero-order valence-corrected chi connectivity index (χ0v) is 17.3. The van der Waals surface area contributed by atoms with E-state index in [2.05, 4.69) is 5.32 Å². The van der Waals surface area contributed by atoms with Gasteiger partial charge in [-0.25, -0.2) is 4.39 Å². The summed E-state index contributed by atoms with van der Waals surface area (Å²) < 4.78 is 25.0. The molecule has 2 aromatic carbocycles. The van der Waals surface area contributed by atoms with Gasteiger partial charge in [-0.2, -0.15) is 0 Å². The van der Waals surface area contributed by atoms with Crippen molar-refractivity contribution >= 4 is 17.7 Å². The SMILES string of the molecule is COc1ccc(CCNC(=O)/C(=C\c2ccc(F)cc2)n2ccccc2=O)cc1OC. The number of carbonyl (C=O) groups is 1. The van der Waals surface area contributed by atoms with E-state index < -0.39 is 5.91 Å². The molecule has 0 saturated heterocycles. The van der Waals surface area contributed by atoms with Crippen molar-refractivity contribution in [2.75, 3.05) is 20.8 Å². The fourth-order valence-corrected chi connectivity index (χ4v) is 3.03. The van der Waals surface area contributed by atoms with E-state index in [9.17, 15) is 14.0 Å². The Morgan fingerprint density at radius 1 is 1.03 bits per heavy atom. The third-order valence-corrected chi connectivity index (χ3v) is 4.64. The average Bonchev–Trinajstić information content (AvgIpc) is 2.79. The summed E-state index contributed by atoms with van der Waals surface area (Å²) in [6.45, 7) is 0.344. The Morgan fingerprint density at radius 3 is 2.45 bits per heavy atom. The fraction of sp³-hybridized carbons (Fsp3) is 0.167. The quantitative estimate of drug-likeness (QED) is 0.565. The number of methoxy groups -OCH3 is 2. The van der Waals surface area contributed by atoms with E-state index >= 15 is 0 Å². The van der Waals surface area contributed by atoms with Gasteiger partial charge in [-0.05, 0) is 54.0 Å². The third kappa shape index (κ3) is 5.60. The molecular formula is C24H23FN2O4. The number of halogens is 1. The molecule has 0 aliphatic rings. The minimum atomic E-state index is -0.418. The van der Waals surface area contributed by atoms with Crippen molar-refractivity contribution in [2.45, 2.75) is 6.42 Å². The Balaban J connectivity index is 1.78. The van der Waals surface area contributed by atoms with Gasteiger partial charge in [0.15, 0.2) is 11.5 Å². The fourth-order valence-electron chi connectivity index (χ4n) is 3.03. The highest BCUT2D eigenvalue weighted by Gasteiger charge is 2.13. The molecule has 0 atom stereocenters. The zero-order valence-electron chi connectivity index (χ0n) is 17.3. The molecule has 6 nitrogen and oxygen atoms in total. The van der Waals surface area contributed by atoms with Gasteiger partial charge < -0.3 is 14.8 Å². The number of carbonyl (C=O) groups excluding carboxylic acids is 1. The predicted molar refractivity (Wildman–Crippen MR) is 118 cm³/mol. The van der Waals surface area contributed by atoms with Crippen molar-refractivity contribution in [1.29, 1.82) is 0 Å². The first-order valence-electron chi connectivity index (χ1n) is 9.66. The second kappa shape index (κ2) is 10.2. The lowest BCUT2D eigenvalue weighted by molar-refractivity contribution is -0.115. The number of hydrogen-bond acceptors (Lipinski definition) is 4. The van der Waals surface area contributed by atoms with Crippen molar-refractivity contribution in [3.63, 3.8) is 0 Å². The smallest absolute Gasteiger partial charge is 0.268 e. The molecule has 0 aliphatic carbocycles. The van der Waals surface area contributed by atoms with Crippen LogP contribution < -0.4 is 20.3 Å². The molecule has 0 radical (unpaired) electrons. The lowest BCUT2D eigenvalue weighted by Gasteiger charge is -2.13. The van der Waals surface area contributed by atoms with Crippen LogP contribution in [-0.2, 0) is 11.2 Å². The summed E-state index contributed by atoms with van der Waals surface area (Å²) >= 11 is 0. The summed E-state index contributed by atoms with van der Waals surface area (Å²) in [5.74, 6) is 0.440. The molecule has 0 unspecified atom stereocenters. The number of rotatable bonds is 8. The minimum absolute atomic E-state index is 0.143. The van der Waals surface area contributed by atoms with Gasteiger partial charge in [-0.1, -0.05) is 24.3 Å². The molecule has 1 aromatic heterocycles. The van der Waals surface area contributed by atoms with Crippen LogP contribution in [0.1, 0.15) is 11.1 Å². The maximum absolute atomic E-state index is 13.2. The maximum atomic E-state index is 13.2. The molecule has 0 spiro atoms. The molecular weight excluding hydrogens is 399 g/mol. The Labute approximate surface area is 179 Å². The van der Waals surface area contributed by atoms with Crippen LogP contribution in [0.3, 0.4) is 0 Å². The largest absolute Gasteiger partial charge is 0.493 e. The highest BCUT2D eigenvalue weighted by Crippen LogP contribution is 2.27. The zero-order chi connectivity index (χ0) is 22.2. The van der Waals surface area contributed by atoms with Crippen LogP contribution >= 0.6 is 0 Å². The first-order valence-corrected chi connectivity index (χ1v) is 9.66. The van der Waals surface area contributed by atoms with Crippen molar-refractivity contribution in [3.05, 3.63) is 94.2 Å². The van der Waals surface area contributed by atoms with Crippen molar-refractivity contribution in [1.82, 2.24) is 9.88 Å². The standard InChI is InChI=1S/C24H23FN2O4/c1-30-21-11-8-18(16-22(21)31-2)12-13-26-24(29)20(27-14-4-3-5-23(27)28)15-17-6-9-19(25)10-7-17/h3-11,14-16H,12-13H2,1-2H3,(H,26,29)/b20-15+. The monoisotopic (exact) mass is 422 g/mol. The van der Waals surface area contributed by atoms with E-state index in [4.69, 9.17) is 9.47 Å². The van der Waals surface area contributed by atoms with Crippen LogP contribution in [0.4, 0.5) is 4.39 Å². The molecule has 1 amide bonds. The number of aromatic nitrogens is 1. The van der Waals surface area contributed by atoms with Gasteiger partial charge in [0.1, 0.15) is 11.5 Å². The maximum Gasteiger partial charge on any atom is 0.268 e. The highest BCUT2D eigenvalue weighted by atomic mass is 19.1. The van der Waals surface area contributed by atoms with Crippen LogP contribution in [0.15, 0.2) is 71.7 Å². The van der Waals surface area contributed by atoms with E-state index in [1.54, 1.807) is 50.6 Å². The third-order valence-electron chi connectivity index (χ3n) is 4.64. The van der Waals surface area contributed by atoms with Gasteiger partial charge in [0.2, 0.25) is 0 Å². The van der Waals surface area contributed by atoms with Crippen LogP contribution in [0, 0.1) is 5.82 Å². The van der Waals surface area contributed by atoms with Crippen molar-refractivity contribution in [2.24, 2.45) is 0 Å². The van der Waals surface area contributed by atoms with Crippen molar-refractivity contribution in [3.8, 4) is 11.5 Å². The number of hydrogen-bond donors (Lipinski definition) is 1. The minimum Gasteiger partial charge on any atom is -0.493 e. The predicted octanol–water partition coefficient (Wildman–Crippen LogP) is 3.36. The molecule has 0 bridgehead atoms. The van der Waals surface area contributed by atoms with Gasteiger partial charge in [-0.3, -0.25) is 14.2 Å². The van der Waals surface area contributed by atoms with Gasteiger partial charge in [0.25, 0.3) is 11.5 Å². The molecule has 0 aliphatic heterocycles. The van der Waals surface area contributed by atoms with Crippen LogP contribution in [0.25, 0.3) is 11.8 Å². The van der Waals surface area contributed by atoms with E-state index in [1.165, 1.54) is 29.0 Å². The Bertz CT molecular complexity index is 1140. The van der Waals surface area contributed by atoms with Crippen LogP contribution in [0.2, 0.25) is 0 Å². The Kier molecular flexibility index (Phi) is 7.22. The summed E-state index contributed by atoms with van der Waals surface area (Å²) in [4.78, 5) is 25.2. The van der Waals surface area contributed by atoms with E-state index in [1.807, 2.05) is 12.1 Å². The number of nitrogens with zero attached hydrogens (tertiary/aromatic N) is 1. The van der Waals surface area contributed by atoms with E-state index in [0.717, 1.165) is 5.56 Å². The molecule has 0 saturated carbocycles. The summed E-state index contributed by atoms with van der Waals surface area (Å²) in [6, 6.07) is 15.9. The molecule has 1 heterocycles. The summed E-state index contributed by atoms with van der Waals surface area (Å²) in [5, 5.41) is 2.84. The second-order valence-corrected chi connectivity index (χ2v) is 6.69. The Morgan fingerprint density at radius 2 is 1.77 bits per heavy atom. The highest BCUT2D eigenvalue weighted by molar-refractivity contribution is 6.18. The van der Waals surface area contributed by atoms with Gasteiger partial charge in [0.05, 0.1) is 14.2 Å². The topological polar surface area (TPSA) is 69.6 Å². The van der Waals surface area contributed by atoms with Crippen molar-refractivity contribution < 1.29 is 18.7 Å². The summed E-state index contributed by atoms with van der Waals surface area (Å²) in [6.07, 6.45) is 3.62.